The smallest absolute Gasteiger partial charge is 0.357 e. The van der Waals surface area contributed by atoms with Gasteiger partial charge in [0.1, 0.15) is 6.04 Å². The minimum absolute atomic E-state index is 0.0139. The van der Waals surface area contributed by atoms with Gasteiger partial charge in [0.15, 0.2) is 22.3 Å². The third kappa shape index (κ3) is 7.35. The molecule has 1 aliphatic rings. The molecule has 0 radical (unpaired) electrons. The van der Waals surface area contributed by atoms with Gasteiger partial charge < -0.3 is 34.9 Å². The predicted molar refractivity (Wildman–Crippen MR) is 181 cm³/mol. The van der Waals surface area contributed by atoms with Crippen molar-refractivity contribution in [2.24, 2.45) is 5.92 Å². The number of carbonyl (C=O) groups excluding carboxylic acids is 3. The first-order valence-corrected chi connectivity index (χ1v) is 16.1. The molecule has 0 bridgehead atoms. The summed E-state index contributed by atoms with van der Waals surface area (Å²) in [6.45, 7) is 9.00. The largest absolute Gasteiger partial charge is 0.493 e. The van der Waals surface area contributed by atoms with Gasteiger partial charge in [0.25, 0.3) is 0 Å². The number of nitrogens with zero attached hydrogens (tertiary/aromatic N) is 1. The van der Waals surface area contributed by atoms with Gasteiger partial charge in [-0.05, 0) is 59.6 Å². The summed E-state index contributed by atoms with van der Waals surface area (Å²) in [7, 11) is 5.89. The van der Waals surface area contributed by atoms with Gasteiger partial charge >= 0.3 is 5.97 Å². The monoisotopic (exact) mass is 666 g/mol. The van der Waals surface area contributed by atoms with Crippen LogP contribution in [0.1, 0.15) is 79.5 Å². The van der Waals surface area contributed by atoms with Crippen LogP contribution in [0, 0.1) is 5.92 Å². The predicted octanol–water partition coefficient (Wildman–Crippen LogP) is 5.30. The fourth-order valence-corrected chi connectivity index (χ4v) is 6.69. The lowest BCUT2D eigenvalue weighted by Crippen LogP contribution is -2.39. The van der Waals surface area contributed by atoms with E-state index in [2.05, 4.69) is 20.9 Å². The Kier molecular flexibility index (Phi) is 11.1. The molecular weight excluding hydrogens is 624 g/mol. The van der Waals surface area contributed by atoms with Gasteiger partial charge in [-0.2, -0.15) is 0 Å². The first-order valence-electron chi connectivity index (χ1n) is 15.3. The summed E-state index contributed by atoms with van der Waals surface area (Å²) in [5, 5.41) is 9.22. The molecule has 2 amide bonds. The topological polar surface area (TPSA) is 154 Å². The second kappa shape index (κ2) is 14.8. The molecule has 47 heavy (non-hydrogen) atoms. The average Bonchev–Trinajstić information content (AvgIpc) is 3.32. The molecule has 0 spiro atoms. The summed E-state index contributed by atoms with van der Waals surface area (Å²) in [4.78, 5) is 57.1. The summed E-state index contributed by atoms with van der Waals surface area (Å²) in [6, 6.07) is 5.50. The highest BCUT2D eigenvalue weighted by Gasteiger charge is 2.31. The highest BCUT2D eigenvalue weighted by molar-refractivity contribution is 7.16. The molecule has 12 nitrogen and oxygen atoms in total. The van der Waals surface area contributed by atoms with Crippen LogP contribution >= 0.6 is 11.3 Å². The number of aromatic nitrogens is 1. The number of fused-ring (bicyclic) bond motifs is 3. The van der Waals surface area contributed by atoms with Crippen molar-refractivity contribution in [3.63, 3.8) is 0 Å². The Morgan fingerprint density at radius 2 is 1.68 bits per heavy atom. The van der Waals surface area contributed by atoms with E-state index in [1.165, 1.54) is 45.7 Å². The van der Waals surface area contributed by atoms with Crippen LogP contribution < -0.4 is 35.6 Å². The lowest BCUT2D eigenvalue weighted by Gasteiger charge is -2.21. The molecule has 3 N–H and O–H groups in total. The van der Waals surface area contributed by atoms with Gasteiger partial charge in [0.05, 0.1) is 40.2 Å². The number of thiazole rings is 1. The van der Waals surface area contributed by atoms with Crippen molar-refractivity contribution in [2.45, 2.75) is 65.5 Å². The molecular formula is C34H42N4O8S. The van der Waals surface area contributed by atoms with Crippen LogP contribution in [0.25, 0.3) is 11.1 Å². The van der Waals surface area contributed by atoms with E-state index < -0.39 is 24.0 Å². The second-order valence-electron chi connectivity index (χ2n) is 11.8. The highest BCUT2D eigenvalue weighted by Crippen LogP contribution is 2.50. The van der Waals surface area contributed by atoms with Crippen LogP contribution in [0.4, 0.5) is 10.8 Å². The Bertz CT molecular complexity index is 1740. The zero-order valence-corrected chi connectivity index (χ0v) is 29.0. The van der Waals surface area contributed by atoms with E-state index in [9.17, 15) is 19.2 Å². The second-order valence-corrected chi connectivity index (χ2v) is 12.9. The lowest BCUT2D eigenvalue weighted by molar-refractivity contribution is -0.120. The summed E-state index contributed by atoms with van der Waals surface area (Å²) >= 11 is 1.20. The number of amides is 2. The Balaban J connectivity index is 1.80. The summed E-state index contributed by atoms with van der Waals surface area (Å²) in [6.07, 6.45) is 1.08. The van der Waals surface area contributed by atoms with Crippen molar-refractivity contribution in [1.82, 2.24) is 10.3 Å². The van der Waals surface area contributed by atoms with Gasteiger partial charge in [0, 0.05) is 17.4 Å². The van der Waals surface area contributed by atoms with Crippen LogP contribution in [0.5, 0.6) is 17.2 Å². The fraction of sp³-hybridized carbons (Fsp3) is 0.441. The Hall–Kier alpha value is -4.65. The number of ether oxygens (including phenoxy) is 4. The van der Waals surface area contributed by atoms with E-state index in [0.717, 1.165) is 11.1 Å². The molecule has 4 rings (SSSR count). The number of aryl methyl sites for hydroxylation is 1. The van der Waals surface area contributed by atoms with E-state index in [-0.39, 0.29) is 39.7 Å². The van der Waals surface area contributed by atoms with E-state index in [1.807, 2.05) is 33.8 Å². The first-order chi connectivity index (χ1) is 22.3. The first kappa shape index (κ1) is 35.2. The van der Waals surface area contributed by atoms with Gasteiger partial charge in [-0.3, -0.25) is 14.4 Å². The Morgan fingerprint density at radius 1 is 0.979 bits per heavy atom. The van der Waals surface area contributed by atoms with Crippen LogP contribution in [-0.2, 0) is 20.7 Å². The van der Waals surface area contributed by atoms with Crippen LogP contribution in [0.3, 0.4) is 0 Å². The maximum Gasteiger partial charge on any atom is 0.357 e. The van der Waals surface area contributed by atoms with E-state index in [1.54, 1.807) is 19.2 Å². The van der Waals surface area contributed by atoms with Crippen LogP contribution in [0.2, 0.25) is 0 Å². The molecule has 1 aliphatic carbocycles. The van der Waals surface area contributed by atoms with Crippen molar-refractivity contribution >= 4 is 39.9 Å². The minimum Gasteiger partial charge on any atom is -0.493 e. The van der Waals surface area contributed by atoms with Gasteiger partial charge in [-0.25, -0.2) is 9.78 Å². The fourth-order valence-electron chi connectivity index (χ4n) is 5.73. The van der Waals surface area contributed by atoms with Gasteiger partial charge in [-0.1, -0.05) is 33.8 Å². The maximum absolute atomic E-state index is 13.9. The Morgan fingerprint density at radius 3 is 2.26 bits per heavy atom. The van der Waals surface area contributed by atoms with E-state index in [4.69, 9.17) is 18.9 Å². The number of nitrogens with one attached hydrogen (secondary N) is 3. The number of methoxy groups -OCH3 is 4. The number of carbonyl (C=O) groups is 3. The highest BCUT2D eigenvalue weighted by atomic mass is 32.1. The third-order valence-electron chi connectivity index (χ3n) is 7.96. The molecule has 0 unspecified atom stereocenters. The Labute approximate surface area is 278 Å². The molecule has 1 heterocycles. The standard InChI is InChI=1S/C34H42N4O8S/c1-16(2)27(32(41)38-34-37-28(33(42)46-9)31(47-34)17(3)4)36-23-13-11-20-21(15-24(23)40)22(35-18(5)39)12-10-19-14-25(43-6)29(44-7)30(45-8)26(19)20/h11,13-17,22,27H,10,12H2,1-9H3,(H,35,39)(H,36,40)(H,37,38,41)/t22-,27-/m0/s1. The number of hydrogen-bond acceptors (Lipinski definition) is 11. The molecule has 1 aromatic heterocycles. The summed E-state index contributed by atoms with van der Waals surface area (Å²) in [5.74, 6) is -0.154. The number of esters is 1. The molecule has 0 fully saturated rings. The molecule has 13 heteroatoms. The number of benzene rings is 1. The molecule has 2 atom stereocenters. The van der Waals surface area contributed by atoms with Gasteiger partial charge in [-0.15, -0.1) is 11.3 Å². The lowest BCUT2D eigenvalue weighted by atomic mass is 9.95. The summed E-state index contributed by atoms with van der Waals surface area (Å²) < 4.78 is 22.0. The zero-order chi connectivity index (χ0) is 34.6. The molecule has 3 aromatic rings. The normalized spacial score (nSPS) is 14.3. The summed E-state index contributed by atoms with van der Waals surface area (Å²) in [5.41, 5.74) is 2.88. The number of anilines is 2. The van der Waals surface area contributed by atoms with Crippen LogP contribution in [-0.4, -0.2) is 57.2 Å². The van der Waals surface area contributed by atoms with Crippen molar-refractivity contribution < 1.29 is 33.3 Å². The van der Waals surface area contributed by atoms with Gasteiger partial charge in [0.2, 0.25) is 23.0 Å². The molecule has 0 aliphatic heterocycles. The number of hydrogen-bond donors (Lipinski definition) is 3. The average molecular weight is 667 g/mol. The van der Waals surface area contributed by atoms with Crippen molar-refractivity contribution in [1.29, 1.82) is 0 Å². The van der Waals surface area contributed by atoms with Crippen molar-refractivity contribution in [3.8, 4) is 28.4 Å². The van der Waals surface area contributed by atoms with E-state index in [0.29, 0.717) is 46.1 Å². The SMILES string of the molecule is COC(=O)c1nc(NC(=O)[C@@H](Nc2ccc3c(cc2=O)[C@@H](NC(C)=O)CCc2cc(OC)c(OC)c(OC)c2-3)C(C)C)sc1C(C)C. The molecule has 2 aromatic carbocycles. The van der Waals surface area contributed by atoms with Crippen LogP contribution in [0.15, 0.2) is 29.1 Å². The van der Waals surface area contributed by atoms with Crippen molar-refractivity contribution in [3.05, 3.63) is 56.2 Å². The van der Waals surface area contributed by atoms with Crippen molar-refractivity contribution in [2.75, 3.05) is 39.1 Å². The molecule has 252 valence electrons. The number of rotatable bonds is 11. The maximum atomic E-state index is 13.9. The minimum atomic E-state index is -0.838. The van der Waals surface area contributed by atoms with E-state index >= 15 is 0 Å². The molecule has 0 saturated carbocycles. The molecule has 0 saturated heterocycles. The zero-order valence-electron chi connectivity index (χ0n) is 28.2. The third-order valence-corrected chi connectivity index (χ3v) is 9.23. The quantitative estimate of drug-likeness (QED) is 0.230.